The fourth-order valence-corrected chi connectivity index (χ4v) is 2.95. The molecule has 3 rings (SSSR count). The number of halogens is 1. The van der Waals surface area contributed by atoms with Crippen LogP contribution in [0.5, 0.6) is 0 Å². The number of amides is 1. The predicted octanol–water partition coefficient (Wildman–Crippen LogP) is 2.01. The summed E-state index contributed by atoms with van der Waals surface area (Å²) in [5.41, 5.74) is 0.210. The van der Waals surface area contributed by atoms with Gasteiger partial charge in [0.25, 0.3) is 11.5 Å². The van der Waals surface area contributed by atoms with Gasteiger partial charge in [-0.1, -0.05) is 0 Å². The Morgan fingerprint density at radius 2 is 2.04 bits per heavy atom. The normalized spacial score (nSPS) is 17.5. The molecule has 1 fully saturated rings. The lowest BCUT2D eigenvalue weighted by Gasteiger charge is -2.32. The van der Waals surface area contributed by atoms with Crippen molar-refractivity contribution in [3.8, 4) is 5.69 Å². The number of rotatable bonds is 4. The number of hydrogen-bond donors (Lipinski definition) is 0. The summed E-state index contributed by atoms with van der Waals surface area (Å²) >= 11 is 0. The van der Waals surface area contributed by atoms with Crippen molar-refractivity contribution in [1.29, 1.82) is 0 Å². The Kier molecular flexibility index (Phi) is 5.23. The minimum absolute atomic E-state index is 0.0331. The Balaban J connectivity index is 1.85. The van der Waals surface area contributed by atoms with Crippen LogP contribution >= 0.6 is 0 Å². The van der Waals surface area contributed by atoms with E-state index in [1.165, 1.54) is 36.4 Å². The first-order valence-corrected chi connectivity index (χ1v) is 8.35. The number of likely N-dealkylation sites (tertiary alicyclic amines) is 1. The van der Waals surface area contributed by atoms with Gasteiger partial charge in [0, 0.05) is 25.8 Å². The van der Waals surface area contributed by atoms with Gasteiger partial charge in [0.1, 0.15) is 11.5 Å². The van der Waals surface area contributed by atoms with Gasteiger partial charge in [0.05, 0.1) is 11.8 Å². The van der Waals surface area contributed by atoms with Crippen molar-refractivity contribution in [3.63, 3.8) is 0 Å². The maximum Gasteiger partial charge on any atom is 0.274 e. The van der Waals surface area contributed by atoms with E-state index >= 15 is 0 Å². The molecular weight excluding hydrogens is 325 g/mol. The van der Waals surface area contributed by atoms with E-state index in [0.29, 0.717) is 25.4 Å². The highest BCUT2D eigenvalue weighted by Gasteiger charge is 2.26. The quantitative estimate of drug-likeness (QED) is 0.850. The molecular formula is C18H20FN3O3. The van der Waals surface area contributed by atoms with Gasteiger partial charge in [-0.25, -0.2) is 4.39 Å². The summed E-state index contributed by atoms with van der Waals surface area (Å²) in [6.07, 6.45) is 1.83. The number of ether oxygens (including phenoxy) is 1. The van der Waals surface area contributed by atoms with Gasteiger partial charge in [-0.3, -0.25) is 9.59 Å². The monoisotopic (exact) mass is 345 g/mol. The minimum Gasteiger partial charge on any atom is -0.377 e. The average Bonchev–Trinajstić information content (AvgIpc) is 2.63. The van der Waals surface area contributed by atoms with Crippen molar-refractivity contribution in [1.82, 2.24) is 14.7 Å². The minimum atomic E-state index is -0.403. The fourth-order valence-electron chi connectivity index (χ4n) is 2.95. The summed E-state index contributed by atoms with van der Waals surface area (Å²) in [6.45, 7) is 3.70. The molecule has 1 aromatic carbocycles. The van der Waals surface area contributed by atoms with Crippen LogP contribution in [0.25, 0.3) is 5.69 Å². The number of hydrogen-bond acceptors (Lipinski definition) is 4. The van der Waals surface area contributed by atoms with Gasteiger partial charge in [0.2, 0.25) is 0 Å². The van der Waals surface area contributed by atoms with Gasteiger partial charge in [0.15, 0.2) is 0 Å². The molecule has 1 atom stereocenters. The molecule has 1 aliphatic rings. The lowest BCUT2D eigenvalue weighted by molar-refractivity contribution is 0.00696. The molecule has 1 aromatic heterocycles. The SMILES string of the molecule is CCO[C@H]1CCCN(C(=O)c2ccc(=O)n(-c3ccc(F)cc3)n2)C1. The van der Waals surface area contributed by atoms with Crippen molar-refractivity contribution < 1.29 is 13.9 Å². The molecule has 0 radical (unpaired) electrons. The van der Waals surface area contributed by atoms with Crippen LogP contribution < -0.4 is 5.56 Å². The zero-order chi connectivity index (χ0) is 17.8. The molecule has 7 heteroatoms. The van der Waals surface area contributed by atoms with Crippen LogP contribution in [0, 0.1) is 5.82 Å². The highest BCUT2D eigenvalue weighted by Crippen LogP contribution is 2.15. The third-order valence-corrected chi connectivity index (χ3v) is 4.16. The van der Waals surface area contributed by atoms with Crippen LogP contribution in [0.3, 0.4) is 0 Å². The second-order valence-corrected chi connectivity index (χ2v) is 5.92. The van der Waals surface area contributed by atoms with Crippen molar-refractivity contribution in [3.05, 3.63) is 58.3 Å². The molecule has 0 saturated carbocycles. The molecule has 0 aliphatic carbocycles. The largest absolute Gasteiger partial charge is 0.377 e. The van der Waals surface area contributed by atoms with Crippen LogP contribution in [0.2, 0.25) is 0 Å². The molecule has 132 valence electrons. The van der Waals surface area contributed by atoms with E-state index in [4.69, 9.17) is 4.74 Å². The van der Waals surface area contributed by atoms with Crippen molar-refractivity contribution in [2.45, 2.75) is 25.9 Å². The molecule has 1 amide bonds. The average molecular weight is 345 g/mol. The van der Waals surface area contributed by atoms with Crippen LogP contribution in [-0.2, 0) is 4.74 Å². The highest BCUT2D eigenvalue weighted by atomic mass is 19.1. The Morgan fingerprint density at radius 3 is 2.76 bits per heavy atom. The summed E-state index contributed by atoms with van der Waals surface area (Å²) in [5.74, 6) is -0.639. The number of carbonyl (C=O) groups excluding carboxylic acids is 1. The van der Waals surface area contributed by atoms with Crippen molar-refractivity contribution in [2.75, 3.05) is 19.7 Å². The van der Waals surface area contributed by atoms with E-state index in [0.717, 1.165) is 17.5 Å². The first-order chi connectivity index (χ1) is 12.1. The molecule has 25 heavy (non-hydrogen) atoms. The van der Waals surface area contributed by atoms with Gasteiger partial charge in [-0.05, 0) is 50.1 Å². The topological polar surface area (TPSA) is 64.4 Å². The summed E-state index contributed by atoms with van der Waals surface area (Å²) in [4.78, 5) is 26.5. The Morgan fingerprint density at radius 1 is 1.28 bits per heavy atom. The summed E-state index contributed by atoms with van der Waals surface area (Å²) in [6, 6.07) is 8.11. The maximum absolute atomic E-state index is 13.1. The second-order valence-electron chi connectivity index (χ2n) is 5.92. The molecule has 2 aromatic rings. The molecule has 0 unspecified atom stereocenters. The standard InChI is InChI=1S/C18H20FN3O3/c1-2-25-15-4-3-11-21(12-15)18(24)16-9-10-17(23)22(20-16)14-7-5-13(19)6-8-14/h5-10,15H,2-4,11-12H2,1H3/t15-/m0/s1. The van der Waals surface area contributed by atoms with Gasteiger partial charge in [-0.2, -0.15) is 9.78 Å². The summed E-state index contributed by atoms with van der Waals surface area (Å²) in [7, 11) is 0. The number of piperidine rings is 1. The zero-order valence-corrected chi connectivity index (χ0v) is 14.0. The number of nitrogens with zero attached hydrogens (tertiary/aromatic N) is 3. The first-order valence-electron chi connectivity index (χ1n) is 8.35. The number of carbonyl (C=O) groups is 1. The van der Waals surface area contributed by atoms with Gasteiger partial charge < -0.3 is 9.64 Å². The van der Waals surface area contributed by atoms with E-state index in [9.17, 15) is 14.0 Å². The van der Waals surface area contributed by atoms with E-state index in [2.05, 4.69) is 5.10 Å². The van der Waals surface area contributed by atoms with E-state index in [-0.39, 0.29) is 23.3 Å². The number of aromatic nitrogens is 2. The van der Waals surface area contributed by atoms with Crippen LogP contribution in [0.15, 0.2) is 41.2 Å². The lowest BCUT2D eigenvalue weighted by Crippen LogP contribution is -2.44. The van der Waals surface area contributed by atoms with Gasteiger partial charge >= 0.3 is 0 Å². The smallest absolute Gasteiger partial charge is 0.274 e. The maximum atomic E-state index is 13.1. The third-order valence-electron chi connectivity index (χ3n) is 4.16. The third kappa shape index (κ3) is 3.93. The molecule has 0 N–H and O–H groups in total. The van der Waals surface area contributed by atoms with Crippen LogP contribution in [-0.4, -0.2) is 46.4 Å². The molecule has 0 bridgehead atoms. The first kappa shape index (κ1) is 17.3. The van der Waals surface area contributed by atoms with E-state index in [1.807, 2.05) is 6.92 Å². The van der Waals surface area contributed by atoms with Crippen LogP contribution in [0.1, 0.15) is 30.3 Å². The van der Waals surface area contributed by atoms with Crippen molar-refractivity contribution in [2.24, 2.45) is 0 Å². The fraction of sp³-hybridized carbons (Fsp3) is 0.389. The highest BCUT2D eigenvalue weighted by molar-refractivity contribution is 5.92. The van der Waals surface area contributed by atoms with E-state index < -0.39 is 5.82 Å². The van der Waals surface area contributed by atoms with Gasteiger partial charge in [-0.15, -0.1) is 0 Å². The van der Waals surface area contributed by atoms with Crippen LogP contribution in [0.4, 0.5) is 4.39 Å². The number of benzene rings is 1. The Hall–Kier alpha value is -2.54. The molecule has 1 saturated heterocycles. The summed E-state index contributed by atoms with van der Waals surface area (Å²) < 4.78 is 19.8. The van der Waals surface area contributed by atoms with Crippen molar-refractivity contribution >= 4 is 5.91 Å². The predicted molar refractivity (Wildman–Crippen MR) is 90.3 cm³/mol. The zero-order valence-electron chi connectivity index (χ0n) is 14.0. The summed E-state index contributed by atoms with van der Waals surface area (Å²) in [5, 5.41) is 4.17. The Bertz CT molecular complexity index is 802. The molecule has 0 spiro atoms. The molecule has 1 aliphatic heterocycles. The molecule has 6 nitrogen and oxygen atoms in total. The van der Waals surface area contributed by atoms with E-state index in [1.54, 1.807) is 4.90 Å². The Labute approximate surface area is 144 Å². The lowest BCUT2D eigenvalue weighted by atomic mass is 10.1. The second kappa shape index (κ2) is 7.57. The molecule has 2 heterocycles.